The highest BCUT2D eigenvalue weighted by molar-refractivity contribution is 9.10. The van der Waals surface area contributed by atoms with Gasteiger partial charge in [0.2, 0.25) is 10.0 Å². The van der Waals surface area contributed by atoms with Crippen molar-refractivity contribution in [1.82, 2.24) is 9.21 Å². The number of benzene rings is 1. The van der Waals surface area contributed by atoms with Gasteiger partial charge in [-0.2, -0.15) is 4.31 Å². The van der Waals surface area contributed by atoms with Crippen LogP contribution in [0, 0.1) is 6.92 Å². The van der Waals surface area contributed by atoms with Gasteiger partial charge < -0.3 is 10.6 Å². The first kappa shape index (κ1) is 15.8. The van der Waals surface area contributed by atoms with E-state index < -0.39 is 10.0 Å². The van der Waals surface area contributed by atoms with Crippen LogP contribution in [0.4, 0.5) is 5.69 Å². The molecule has 0 unspecified atom stereocenters. The molecule has 1 aliphatic rings. The predicted octanol–water partition coefficient (Wildman–Crippen LogP) is 1.67. The number of nitrogens with zero attached hydrogens (tertiary/aromatic N) is 2. The van der Waals surface area contributed by atoms with Crippen molar-refractivity contribution < 1.29 is 8.42 Å². The van der Waals surface area contributed by atoms with Crippen molar-refractivity contribution in [2.24, 2.45) is 0 Å². The summed E-state index contributed by atoms with van der Waals surface area (Å²) in [6.45, 7) is 7.46. The third-order valence-electron chi connectivity index (χ3n) is 3.69. The second kappa shape index (κ2) is 6.01. The second-order valence-electron chi connectivity index (χ2n) is 4.98. The molecular weight excluding hydrogens is 342 g/mol. The molecule has 0 aromatic heterocycles. The molecule has 1 fully saturated rings. The largest absolute Gasteiger partial charge is 0.398 e. The molecule has 0 saturated carbocycles. The van der Waals surface area contributed by atoms with Crippen LogP contribution in [-0.4, -0.2) is 50.3 Å². The summed E-state index contributed by atoms with van der Waals surface area (Å²) in [6.07, 6.45) is 0. The summed E-state index contributed by atoms with van der Waals surface area (Å²) in [7, 11) is -3.46. The predicted molar refractivity (Wildman–Crippen MR) is 84.2 cm³/mol. The number of halogens is 1. The smallest absolute Gasteiger partial charge is 0.243 e. The van der Waals surface area contributed by atoms with Crippen LogP contribution >= 0.6 is 15.9 Å². The van der Waals surface area contributed by atoms with E-state index in [-0.39, 0.29) is 0 Å². The monoisotopic (exact) mass is 361 g/mol. The average molecular weight is 362 g/mol. The van der Waals surface area contributed by atoms with E-state index in [1.165, 1.54) is 0 Å². The Balaban J connectivity index is 2.30. The van der Waals surface area contributed by atoms with Crippen LogP contribution in [0.2, 0.25) is 0 Å². The molecule has 0 aliphatic carbocycles. The Kier molecular flexibility index (Phi) is 4.73. The highest BCUT2D eigenvalue weighted by Crippen LogP contribution is 2.28. The Labute approximate surface area is 128 Å². The van der Waals surface area contributed by atoms with Gasteiger partial charge in [0.05, 0.1) is 4.90 Å². The van der Waals surface area contributed by atoms with Gasteiger partial charge in [0, 0.05) is 36.3 Å². The first-order valence-corrected chi connectivity index (χ1v) is 8.87. The Morgan fingerprint density at radius 3 is 2.40 bits per heavy atom. The van der Waals surface area contributed by atoms with Gasteiger partial charge in [-0.25, -0.2) is 8.42 Å². The van der Waals surface area contributed by atoms with Crippen LogP contribution in [-0.2, 0) is 10.0 Å². The molecular formula is C13H20BrN3O2S. The molecule has 0 bridgehead atoms. The van der Waals surface area contributed by atoms with Crippen molar-refractivity contribution in [3.8, 4) is 0 Å². The van der Waals surface area contributed by atoms with E-state index in [0.29, 0.717) is 29.2 Å². The number of aryl methyl sites for hydroxylation is 1. The fourth-order valence-corrected chi connectivity index (χ4v) is 4.49. The third kappa shape index (κ3) is 3.00. The van der Waals surface area contributed by atoms with E-state index >= 15 is 0 Å². The summed E-state index contributed by atoms with van der Waals surface area (Å²) in [5.41, 5.74) is 6.98. The minimum Gasteiger partial charge on any atom is -0.398 e. The summed E-state index contributed by atoms with van der Waals surface area (Å²) >= 11 is 3.32. The van der Waals surface area contributed by atoms with Crippen molar-refractivity contribution in [3.63, 3.8) is 0 Å². The molecule has 0 amide bonds. The minimum absolute atomic E-state index is 0.308. The molecule has 20 heavy (non-hydrogen) atoms. The zero-order chi connectivity index (χ0) is 14.9. The van der Waals surface area contributed by atoms with Crippen LogP contribution in [0.15, 0.2) is 21.5 Å². The van der Waals surface area contributed by atoms with Gasteiger partial charge in [0.15, 0.2) is 0 Å². The molecule has 5 nitrogen and oxygen atoms in total. The zero-order valence-corrected chi connectivity index (χ0v) is 14.2. The summed E-state index contributed by atoms with van der Waals surface area (Å²) < 4.78 is 27.7. The second-order valence-corrected chi connectivity index (χ2v) is 7.74. The molecule has 0 atom stereocenters. The van der Waals surface area contributed by atoms with Crippen LogP contribution < -0.4 is 5.73 Å². The fraction of sp³-hybridized carbons (Fsp3) is 0.538. The number of sulfonamides is 1. The highest BCUT2D eigenvalue weighted by atomic mass is 79.9. The normalized spacial score (nSPS) is 18.4. The summed E-state index contributed by atoms with van der Waals surface area (Å²) in [4.78, 5) is 2.55. The Hall–Kier alpha value is -0.630. The number of anilines is 1. The number of piperazine rings is 1. The SMILES string of the molecule is CCN1CCN(S(=O)(=O)c2cc(N)c(Br)cc2C)CC1. The summed E-state index contributed by atoms with van der Waals surface area (Å²) in [5, 5.41) is 0. The molecule has 0 radical (unpaired) electrons. The molecule has 1 saturated heterocycles. The Morgan fingerprint density at radius 1 is 1.25 bits per heavy atom. The van der Waals surface area contributed by atoms with E-state index in [4.69, 9.17) is 5.73 Å². The van der Waals surface area contributed by atoms with Crippen molar-refractivity contribution in [2.45, 2.75) is 18.7 Å². The number of likely N-dealkylation sites (N-methyl/N-ethyl adjacent to an activating group) is 1. The number of nitrogen functional groups attached to an aromatic ring is 1. The van der Waals surface area contributed by atoms with Crippen LogP contribution in [0.3, 0.4) is 0 Å². The van der Waals surface area contributed by atoms with Gasteiger partial charge >= 0.3 is 0 Å². The van der Waals surface area contributed by atoms with Crippen molar-refractivity contribution in [3.05, 3.63) is 22.2 Å². The molecule has 1 aromatic carbocycles. The van der Waals surface area contributed by atoms with Crippen LogP contribution in [0.25, 0.3) is 0 Å². The standard InChI is InChI=1S/C13H20BrN3O2S/c1-3-16-4-6-17(7-5-16)20(18,19)13-9-12(15)11(14)8-10(13)2/h8-9H,3-7,15H2,1-2H3. The molecule has 1 aliphatic heterocycles. The lowest BCUT2D eigenvalue weighted by Gasteiger charge is -2.33. The van der Waals surface area contributed by atoms with Gasteiger partial charge in [0.25, 0.3) is 0 Å². The maximum atomic E-state index is 12.7. The zero-order valence-electron chi connectivity index (χ0n) is 11.8. The molecule has 1 heterocycles. The topological polar surface area (TPSA) is 66.6 Å². The van der Waals surface area contributed by atoms with E-state index in [9.17, 15) is 8.42 Å². The first-order chi connectivity index (χ1) is 9.36. The first-order valence-electron chi connectivity index (χ1n) is 6.64. The van der Waals surface area contributed by atoms with E-state index in [1.807, 2.05) is 0 Å². The van der Waals surface area contributed by atoms with Crippen LogP contribution in [0.5, 0.6) is 0 Å². The lowest BCUT2D eigenvalue weighted by Crippen LogP contribution is -2.48. The maximum absolute atomic E-state index is 12.7. The molecule has 0 spiro atoms. The fourth-order valence-electron chi connectivity index (χ4n) is 2.37. The van der Waals surface area contributed by atoms with Crippen LogP contribution in [0.1, 0.15) is 12.5 Å². The lowest BCUT2D eigenvalue weighted by molar-refractivity contribution is 0.196. The molecule has 2 N–H and O–H groups in total. The van der Waals surface area contributed by atoms with Crippen molar-refractivity contribution in [1.29, 1.82) is 0 Å². The minimum atomic E-state index is -3.46. The van der Waals surface area contributed by atoms with E-state index in [0.717, 1.165) is 24.1 Å². The number of rotatable bonds is 3. The molecule has 2 rings (SSSR count). The number of nitrogens with two attached hydrogens (primary N) is 1. The molecule has 1 aromatic rings. The number of hydrogen-bond acceptors (Lipinski definition) is 4. The quantitative estimate of drug-likeness (QED) is 0.831. The summed E-state index contributed by atoms with van der Waals surface area (Å²) in [5.74, 6) is 0. The Morgan fingerprint density at radius 2 is 1.85 bits per heavy atom. The average Bonchev–Trinajstić information content (AvgIpc) is 2.42. The lowest BCUT2D eigenvalue weighted by atomic mass is 10.2. The van der Waals surface area contributed by atoms with Gasteiger partial charge in [-0.3, -0.25) is 0 Å². The number of hydrogen-bond donors (Lipinski definition) is 1. The van der Waals surface area contributed by atoms with Gasteiger partial charge in [-0.1, -0.05) is 6.92 Å². The van der Waals surface area contributed by atoms with Crippen molar-refractivity contribution in [2.75, 3.05) is 38.5 Å². The van der Waals surface area contributed by atoms with Gasteiger partial charge in [0.1, 0.15) is 0 Å². The third-order valence-corrected chi connectivity index (χ3v) is 6.42. The highest BCUT2D eigenvalue weighted by Gasteiger charge is 2.29. The molecule has 7 heteroatoms. The van der Waals surface area contributed by atoms with Gasteiger partial charge in [-0.15, -0.1) is 0 Å². The summed E-state index contributed by atoms with van der Waals surface area (Å²) in [6, 6.07) is 3.30. The Bertz CT molecular complexity index is 596. The maximum Gasteiger partial charge on any atom is 0.243 e. The molecule has 112 valence electrons. The van der Waals surface area contributed by atoms with E-state index in [2.05, 4.69) is 27.8 Å². The van der Waals surface area contributed by atoms with Crippen molar-refractivity contribution >= 4 is 31.6 Å². The van der Waals surface area contributed by atoms with Gasteiger partial charge in [-0.05, 0) is 47.1 Å². The van der Waals surface area contributed by atoms with E-state index in [1.54, 1.807) is 23.4 Å².